The molecule has 0 aliphatic carbocycles. The minimum atomic E-state index is 0.621. The van der Waals surface area contributed by atoms with Gasteiger partial charge < -0.3 is 0 Å². The second kappa shape index (κ2) is 4.45. The van der Waals surface area contributed by atoms with E-state index in [4.69, 9.17) is 0 Å². The smallest absolute Gasteiger partial charge is 0.0193 e. The third-order valence-corrected chi connectivity index (χ3v) is 2.76. The zero-order valence-electron chi connectivity index (χ0n) is 9.89. The van der Waals surface area contributed by atoms with Crippen molar-refractivity contribution in [3.05, 3.63) is 34.7 Å². The fourth-order valence-corrected chi connectivity index (χ4v) is 1.57. The molecule has 1 rings (SSSR count). The zero-order chi connectivity index (χ0) is 10.7. The molecular weight excluding hydrogens is 168 g/mol. The van der Waals surface area contributed by atoms with E-state index in [1.807, 2.05) is 0 Å². The molecule has 0 amide bonds. The molecule has 0 unspecified atom stereocenters. The van der Waals surface area contributed by atoms with Crippen LogP contribution in [0.1, 0.15) is 34.6 Å². The number of hydrogen-bond acceptors (Lipinski definition) is 0. The molecule has 0 aromatic heterocycles. The monoisotopic (exact) mass is 188 g/mol. The third kappa shape index (κ3) is 2.25. The lowest BCUT2D eigenvalue weighted by Gasteiger charge is -2.05. The second-order valence-corrected chi connectivity index (χ2v) is 4.38. The van der Waals surface area contributed by atoms with Crippen molar-refractivity contribution >= 4 is 11.1 Å². The normalized spacial score (nSPS) is 13.0. The van der Waals surface area contributed by atoms with E-state index < -0.39 is 0 Å². The van der Waals surface area contributed by atoms with Gasteiger partial charge in [-0.25, -0.2) is 0 Å². The van der Waals surface area contributed by atoms with E-state index in [0.29, 0.717) is 5.92 Å². The highest BCUT2D eigenvalue weighted by atomic mass is 14.0. The van der Waals surface area contributed by atoms with E-state index in [9.17, 15) is 0 Å². The van der Waals surface area contributed by atoms with Crippen molar-refractivity contribution in [3.63, 3.8) is 0 Å². The summed E-state index contributed by atoms with van der Waals surface area (Å²) in [7, 11) is 0. The Morgan fingerprint density at radius 3 is 1.86 bits per heavy atom. The first kappa shape index (κ1) is 11.0. The summed E-state index contributed by atoms with van der Waals surface area (Å²) < 4.78 is 0. The van der Waals surface area contributed by atoms with Crippen LogP contribution in [0, 0.1) is 5.92 Å². The lowest BCUT2D eigenvalue weighted by atomic mass is 10.00. The Labute approximate surface area is 87.0 Å². The Morgan fingerprint density at radius 2 is 1.43 bits per heavy atom. The molecule has 0 saturated carbocycles. The Morgan fingerprint density at radius 1 is 0.929 bits per heavy atom. The lowest BCUT2D eigenvalue weighted by Crippen LogP contribution is -2.28. The molecule has 0 N–H and O–H groups in total. The molecule has 0 heterocycles. The maximum absolute atomic E-state index is 2.25. The molecular formula is C14H20. The van der Waals surface area contributed by atoms with Crippen molar-refractivity contribution in [1.29, 1.82) is 0 Å². The van der Waals surface area contributed by atoms with Gasteiger partial charge in [-0.3, -0.25) is 0 Å². The van der Waals surface area contributed by atoms with Crippen molar-refractivity contribution in [2.75, 3.05) is 0 Å². The Bertz CT molecular complexity index is 418. The third-order valence-electron chi connectivity index (χ3n) is 2.76. The maximum Gasteiger partial charge on any atom is -0.0193 e. The average molecular weight is 188 g/mol. The molecule has 0 aliphatic heterocycles. The minimum Gasteiger partial charge on any atom is -0.0686 e. The molecule has 0 bridgehead atoms. The lowest BCUT2D eigenvalue weighted by molar-refractivity contribution is 0.840. The first-order valence-electron chi connectivity index (χ1n) is 5.27. The molecule has 1 aromatic carbocycles. The van der Waals surface area contributed by atoms with Gasteiger partial charge in [0.05, 0.1) is 0 Å². The van der Waals surface area contributed by atoms with Crippen LogP contribution < -0.4 is 10.4 Å². The van der Waals surface area contributed by atoms with Crippen LogP contribution in [0.25, 0.3) is 11.1 Å². The Kier molecular flexibility index (Phi) is 3.51. The minimum absolute atomic E-state index is 0.621. The highest BCUT2D eigenvalue weighted by Crippen LogP contribution is 2.05. The van der Waals surface area contributed by atoms with Gasteiger partial charge in [-0.15, -0.1) is 0 Å². The van der Waals surface area contributed by atoms with Crippen molar-refractivity contribution in [1.82, 2.24) is 0 Å². The molecule has 0 fully saturated rings. The number of hydrogen-bond donors (Lipinski definition) is 0. The average Bonchev–Trinajstić information content (AvgIpc) is 2.16. The SMILES string of the molecule is CC(C)=c1cccc/c1=C(/C)C(C)C. The van der Waals surface area contributed by atoms with Gasteiger partial charge in [-0.05, 0) is 37.1 Å². The Balaban J connectivity index is 3.67. The van der Waals surface area contributed by atoms with Gasteiger partial charge in [0, 0.05) is 0 Å². The zero-order valence-corrected chi connectivity index (χ0v) is 9.89. The second-order valence-electron chi connectivity index (χ2n) is 4.38. The van der Waals surface area contributed by atoms with Gasteiger partial charge in [0.2, 0.25) is 0 Å². The molecule has 0 atom stereocenters. The highest BCUT2D eigenvalue weighted by molar-refractivity contribution is 5.48. The number of rotatable bonds is 1. The predicted octanol–water partition coefficient (Wildman–Crippen LogP) is 2.70. The molecule has 14 heavy (non-hydrogen) atoms. The molecule has 0 aliphatic rings. The van der Waals surface area contributed by atoms with Crippen LogP contribution in [-0.2, 0) is 0 Å². The van der Waals surface area contributed by atoms with E-state index in [1.165, 1.54) is 21.6 Å². The molecule has 0 radical (unpaired) electrons. The topological polar surface area (TPSA) is 0 Å². The number of benzene rings is 1. The van der Waals surface area contributed by atoms with Gasteiger partial charge in [-0.1, -0.05) is 49.3 Å². The van der Waals surface area contributed by atoms with Crippen molar-refractivity contribution in [2.45, 2.75) is 34.6 Å². The highest BCUT2D eigenvalue weighted by Gasteiger charge is 1.98. The van der Waals surface area contributed by atoms with Crippen LogP contribution in [0.2, 0.25) is 0 Å². The molecule has 0 saturated heterocycles. The van der Waals surface area contributed by atoms with Crippen LogP contribution in [0.5, 0.6) is 0 Å². The van der Waals surface area contributed by atoms with E-state index in [1.54, 1.807) is 0 Å². The van der Waals surface area contributed by atoms with E-state index in [2.05, 4.69) is 58.9 Å². The van der Waals surface area contributed by atoms with Gasteiger partial charge in [0.15, 0.2) is 0 Å². The summed E-state index contributed by atoms with van der Waals surface area (Å²) >= 11 is 0. The van der Waals surface area contributed by atoms with Crippen LogP contribution in [-0.4, -0.2) is 0 Å². The Hall–Kier alpha value is -1.04. The summed E-state index contributed by atoms with van der Waals surface area (Å²) in [5.41, 5.74) is 2.86. The van der Waals surface area contributed by atoms with Crippen molar-refractivity contribution in [3.8, 4) is 0 Å². The summed E-state index contributed by atoms with van der Waals surface area (Å²) in [6.07, 6.45) is 0. The summed E-state index contributed by atoms with van der Waals surface area (Å²) in [5, 5.41) is 2.79. The molecule has 1 aromatic rings. The van der Waals surface area contributed by atoms with E-state index in [0.717, 1.165) is 0 Å². The van der Waals surface area contributed by atoms with E-state index in [-0.39, 0.29) is 0 Å². The van der Waals surface area contributed by atoms with Crippen molar-refractivity contribution < 1.29 is 0 Å². The van der Waals surface area contributed by atoms with Gasteiger partial charge in [0.25, 0.3) is 0 Å². The fraction of sp³-hybridized carbons (Fsp3) is 0.429. The van der Waals surface area contributed by atoms with Crippen LogP contribution >= 0.6 is 0 Å². The molecule has 76 valence electrons. The maximum atomic E-state index is 2.25. The van der Waals surface area contributed by atoms with Gasteiger partial charge in [0.1, 0.15) is 0 Å². The van der Waals surface area contributed by atoms with Crippen LogP contribution in [0.4, 0.5) is 0 Å². The summed E-state index contributed by atoms with van der Waals surface area (Å²) in [6, 6.07) is 8.65. The largest absolute Gasteiger partial charge is 0.0686 e. The predicted molar refractivity (Wildman–Crippen MR) is 64.4 cm³/mol. The fourth-order valence-electron chi connectivity index (χ4n) is 1.57. The van der Waals surface area contributed by atoms with Crippen molar-refractivity contribution in [2.24, 2.45) is 5.92 Å². The summed E-state index contributed by atoms with van der Waals surface area (Å²) in [4.78, 5) is 0. The van der Waals surface area contributed by atoms with Gasteiger partial charge in [-0.2, -0.15) is 0 Å². The van der Waals surface area contributed by atoms with Gasteiger partial charge >= 0.3 is 0 Å². The van der Waals surface area contributed by atoms with E-state index >= 15 is 0 Å². The molecule has 0 spiro atoms. The molecule has 0 heteroatoms. The quantitative estimate of drug-likeness (QED) is 0.635. The molecule has 0 nitrogen and oxygen atoms in total. The summed E-state index contributed by atoms with van der Waals surface area (Å²) in [6.45, 7) is 11.1. The standard InChI is InChI=1S/C14H20/c1-10(2)12(5)14-9-7-6-8-13(14)11(3)4/h6-10H,1-5H3/b14-12+. The van der Waals surface area contributed by atoms with Crippen LogP contribution in [0.15, 0.2) is 24.3 Å². The van der Waals surface area contributed by atoms with Crippen LogP contribution in [0.3, 0.4) is 0 Å². The first-order chi connectivity index (χ1) is 6.54. The summed E-state index contributed by atoms with van der Waals surface area (Å²) in [5.74, 6) is 0.621. The first-order valence-corrected chi connectivity index (χ1v) is 5.27.